The van der Waals surface area contributed by atoms with Crippen molar-refractivity contribution >= 4 is 5.97 Å². The van der Waals surface area contributed by atoms with Crippen molar-refractivity contribution in [3.8, 4) is 5.75 Å². The van der Waals surface area contributed by atoms with Gasteiger partial charge >= 0.3 is 5.97 Å². The first-order valence-corrected chi connectivity index (χ1v) is 14.5. The van der Waals surface area contributed by atoms with Gasteiger partial charge in [0.15, 0.2) is 0 Å². The van der Waals surface area contributed by atoms with Crippen molar-refractivity contribution in [1.82, 2.24) is 0 Å². The van der Waals surface area contributed by atoms with Gasteiger partial charge in [-0.15, -0.1) is 0 Å². The molecule has 3 aromatic carbocycles. The molecule has 1 unspecified atom stereocenters. The second-order valence-electron chi connectivity index (χ2n) is 9.74. The number of hydrogen-bond acceptors (Lipinski definition) is 2. The van der Waals surface area contributed by atoms with Crippen molar-refractivity contribution in [2.75, 3.05) is 13.3 Å². The molecule has 0 heterocycles. The summed E-state index contributed by atoms with van der Waals surface area (Å²) >= 11 is 0. The predicted octanol–water partition coefficient (Wildman–Crippen LogP) is 9.23. The quantitative estimate of drug-likeness (QED) is 0.237. The van der Waals surface area contributed by atoms with Crippen LogP contribution in [0, 0.1) is 12.8 Å². The molecule has 0 spiro atoms. The fourth-order valence-electron chi connectivity index (χ4n) is 4.40. The Balaban J connectivity index is 0.000000315. The fourth-order valence-corrected chi connectivity index (χ4v) is 4.40. The molecule has 214 valence electrons. The van der Waals surface area contributed by atoms with E-state index in [0.29, 0.717) is 0 Å². The predicted molar refractivity (Wildman–Crippen MR) is 163 cm³/mol. The molecular formula is C35H49FO3. The lowest BCUT2D eigenvalue weighted by atomic mass is 9.97. The van der Waals surface area contributed by atoms with Gasteiger partial charge in [-0.2, -0.15) is 0 Å². The maximum atomic E-state index is 11.8. The second-order valence-corrected chi connectivity index (χ2v) is 9.74. The molecule has 0 aliphatic carbocycles. The van der Waals surface area contributed by atoms with Crippen molar-refractivity contribution < 1.29 is 19.0 Å². The summed E-state index contributed by atoms with van der Waals surface area (Å²) in [6, 6.07) is 25.4. The molecule has 1 atom stereocenters. The van der Waals surface area contributed by atoms with Crippen LogP contribution in [0.5, 0.6) is 5.75 Å². The molecule has 0 amide bonds. The molecule has 0 bridgehead atoms. The standard InChI is InChI=1S/C18H22.C10H13FO.C7H14O2/c1-3-7-17-10-4-5-11-18(17)13-12-16-9-6-8-15(2)14-16;1-2-9-5-3-4-6-10(9)12-8-7-11;1-3-5-6(4-2)7(8)9/h4-6,8-11,14H,3,7,12-13H2,1-2H3;3-6H,2,7-8H2,1H3;6H,3-5H2,1-2H3,(H,8,9). The molecule has 0 radical (unpaired) electrons. The minimum Gasteiger partial charge on any atom is -0.491 e. The molecule has 0 saturated carbocycles. The Morgan fingerprint density at radius 3 is 1.97 bits per heavy atom. The molecule has 1 N–H and O–H groups in total. The Morgan fingerprint density at radius 1 is 0.821 bits per heavy atom. The molecule has 39 heavy (non-hydrogen) atoms. The van der Waals surface area contributed by atoms with Crippen LogP contribution >= 0.6 is 0 Å². The van der Waals surface area contributed by atoms with Gasteiger partial charge < -0.3 is 9.84 Å². The van der Waals surface area contributed by atoms with Gasteiger partial charge in [0, 0.05) is 0 Å². The van der Waals surface area contributed by atoms with Crippen LogP contribution in [0.15, 0.2) is 72.8 Å². The second kappa shape index (κ2) is 20.8. The highest BCUT2D eigenvalue weighted by Gasteiger charge is 2.12. The number of aliphatic carboxylic acids is 1. The van der Waals surface area contributed by atoms with Gasteiger partial charge in [-0.1, -0.05) is 113 Å². The van der Waals surface area contributed by atoms with E-state index in [-0.39, 0.29) is 12.5 Å². The molecule has 3 rings (SSSR count). The van der Waals surface area contributed by atoms with Gasteiger partial charge in [0.2, 0.25) is 0 Å². The number of rotatable bonds is 13. The summed E-state index contributed by atoms with van der Waals surface area (Å²) < 4.78 is 17.0. The third-order valence-corrected chi connectivity index (χ3v) is 6.57. The number of hydrogen-bond donors (Lipinski definition) is 1. The van der Waals surface area contributed by atoms with Gasteiger partial charge in [-0.25, -0.2) is 4.39 Å². The van der Waals surface area contributed by atoms with E-state index >= 15 is 0 Å². The van der Waals surface area contributed by atoms with E-state index in [0.717, 1.165) is 49.8 Å². The zero-order valence-electron chi connectivity index (χ0n) is 24.7. The number of carboxylic acids is 1. The molecule has 0 aliphatic heterocycles. The summed E-state index contributed by atoms with van der Waals surface area (Å²) in [4.78, 5) is 10.3. The van der Waals surface area contributed by atoms with Gasteiger partial charge in [-0.05, 0) is 73.8 Å². The third kappa shape index (κ3) is 14.0. The average molecular weight is 537 g/mol. The Hall–Kier alpha value is -3.14. The smallest absolute Gasteiger partial charge is 0.306 e. The minimum atomic E-state index is -0.653. The van der Waals surface area contributed by atoms with E-state index < -0.39 is 12.6 Å². The first-order valence-electron chi connectivity index (χ1n) is 14.5. The number of aryl methyl sites for hydroxylation is 5. The molecular weight excluding hydrogens is 487 g/mol. The van der Waals surface area contributed by atoms with Gasteiger partial charge in [0.25, 0.3) is 0 Å². The van der Waals surface area contributed by atoms with Crippen LogP contribution in [0.3, 0.4) is 0 Å². The van der Waals surface area contributed by atoms with Gasteiger partial charge in [0.1, 0.15) is 19.0 Å². The molecule has 4 heteroatoms. The number of carboxylic acid groups (broad SMARTS) is 1. The highest BCUT2D eigenvalue weighted by atomic mass is 19.1. The molecule has 0 saturated heterocycles. The highest BCUT2D eigenvalue weighted by Crippen LogP contribution is 2.18. The SMILES string of the molecule is CCCC(CC)C(=O)O.CCCc1ccccc1CCc1cccc(C)c1.CCc1ccccc1OCCF. The van der Waals surface area contributed by atoms with Gasteiger partial charge in [0.05, 0.1) is 5.92 Å². The zero-order valence-corrected chi connectivity index (χ0v) is 24.7. The Bertz CT molecular complexity index is 1060. The van der Waals surface area contributed by atoms with Crippen LogP contribution in [0.4, 0.5) is 4.39 Å². The number of ether oxygens (including phenoxy) is 1. The zero-order chi connectivity index (χ0) is 28.9. The summed E-state index contributed by atoms with van der Waals surface area (Å²) in [5.41, 5.74) is 6.97. The highest BCUT2D eigenvalue weighted by molar-refractivity contribution is 5.69. The van der Waals surface area contributed by atoms with Crippen molar-refractivity contribution in [2.24, 2.45) is 5.92 Å². The lowest BCUT2D eigenvalue weighted by molar-refractivity contribution is -0.142. The number of alkyl halides is 1. The minimum absolute atomic E-state index is 0.116. The normalized spacial score (nSPS) is 10.9. The largest absolute Gasteiger partial charge is 0.491 e. The Kier molecular flexibility index (Phi) is 18.1. The molecule has 0 aromatic heterocycles. The fraction of sp³-hybridized carbons (Fsp3) is 0.457. The number of carbonyl (C=O) groups is 1. The number of para-hydroxylation sites is 1. The maximum Gasteiger partial charge on any atom is 0.306 e. The van der Waals surface area contributed by atoms with E-state index in [1.165, 1.54) is 35.1 Å². The average Bonchev–Trinajstić information content (AvgIpc) is 2.95. The summed E-state index contributed by atoms with van der Waals surface area (Å²) in [7, 11) is 0. The van der Waals surface area contributed by atoms with Crippen LogP contribution in [0.25, 0.3) is 0 Å². The first-order chi connectivity index (χ1) is 18.9. The van der Waals surface area contributed by atoms with E-state index in [1.807, 2.05) is 38.1 Å². The summed E-state index contributed by atoms with van der Waals surface area (Å²) in [6.07, 6.45) is 8.16. The Morgan fingerprint density at radius 2 is 1.46 bits per heavy atom. The van der Waals surface area contributed by atoms with Crippen LogP contribution < -0.4 is 4.74 Å². The number of benzene rings is 3. The van der Waals surface area contributed by atoms with Crippen molar-refractivity contribution in [3.63, 3.8) is 0 Å². The molecule has 3 nitrogen and oxygen atoms in total. The van der Waals surface area contributed by atoms with Crippen molar-refractivity contribution in [1.29, 1.82) is 0 Å². The van der Waals surface area contributed by atoms with Crippen molar-refractivity contribution in [2.45, 2.75) is 86.0 Å². The lowest BCUT2D eigenvalue weighted by Crippen LogP contribution is -2.11. The molecule has 0 fully saturated rings. The first kappa shape index (κ1) is 33.9. The number of halogens is 1. The monoisotopic (exact) mass is 536 g/mol. The molecule has 3 aromatic rings. The lowest BCUT2D eigenvalue weighted by Gasteiger charge is -2.09. The van der Waals surface area contributed by atoms with Gasteiger partial charge in [-0.3, -0.25) is 4.79 Å². The Labute approximate surface area is 236 Å². The topological polar surface area (TPSA) is 46.5 Å². The third-order valence-electron chi connectivity index (χ3n) is 6.57. The van der Waals surface area contributed by atoms with E-state index in [1.54, 1.807) is 0 Å². The summed E-state index contributed by atoms with van der Waals surface area (Å²) in [5, 5.41) is 8.50. The van der Waals surface area contributed by atoms with E-state index in [4.69, 9.17) is 9.84 Å². The van der Waals surface area contributed by atoms with Crippen LogP contribution in [-0.4, -0.2) is 24.4 Å². The van der Waals surface area contributed by atoms with Crippen molar-refractivity contribution in [3.05, 3.63) is 101 Å². The molecule has 0 aliphatic rings. The van der Waals surface area contributed by atoms with Crippen LogP contribution in [0.2, 0.25) is 0 Å². The summed E-state index contributed by atoms with van der Waals surface area (Å²) in [5.74, 6) is 0.0343. The van der Waals surface area contributed by atoms with Crippen LogP contribution in [0.1, 0.15) is 81.2 Å². The van der Waals surface area contributed by atoms with E-state index in [2.05, 4.69) is 69.3 Å². The summed E-state index contributed by atoms with van der Waals surface area (Å²) in [6.45, 7) is 10.1. The van der Waals surface area contributed by atoms with E-state index in [9.17, 15) is 9.18 Å². The van der Waals surface area contributed by atoms with Crippen LogP contribution in [-0.2, 0) is 30.5 Å². The maximum absolute atomic E-state index is 11.8.